The van der Waals surface area contributed by atoms with Crippen molar-refractivity contribution in [1.29, 1.82) is 0 Å². The predicted molar refractivity (Wildman–Crippen MR) is 80.5 cm³/mol. The maximum Gasteiger partial charge on any atom is 0.261 e. The number of imide groups is 1. The van der Waals surface area contributed by atoms with E-state index in [9.17, 15) is 9.59 Å². The summed E-state index contributed by atoms with van der Waals surface area (Å²) in [6, 6.07) is 8.52. The second-order valence-electron chi connectivity index (χ2n) is 4.99. The van der Waals surface area contributed by atoms with Gasteiger partial charge in [0.1, 0.15) is 6.33 Å². The van der Waals surface area contributed by atoms with E-state index in [-0.39, 0.29) is 18.4 Å². The number of benzene rings is 1. The maximum atomic E-state index is 12.3. The number of nitrogens with zero attached hydrogens (tertiary/aromatic N) is 3. The number of hydrogen-bond donors (Lipinski definition) is 1. The summed E-state index contributed by atoms with van der Waals surface area (Å²) in [5.41, 5.74) is 8.39. The van der Waals surface area contributed by atoms with Crippen LogP contribution >= 0.6 is 0 Å². The second kappa shape index (κ2) is 5.40. The fourth-order valence-corrected chi connectivity index (χ4v) is 2.33. The number of allylic oxidation sites excluding steroid dienone is 1. The first-order valence-electron chi connectivity index (χ1n) is 6.77. The van der Waals surface area contributed by atoms with E-state index in [1.54, 1.807) is 30.3 Å². The zero-order valence-corrected chi connectivity index (χ0v) is 12.0. The number of amides is 2. The van der Waals surface area contributed by atoms with Gasteiger partial charge >= 0.3 is 0 Å². The van der Waals surface area contributed by atoms with Crippen molar-refractivity contribution in [2.45, 2.75) is 13.5 Å². The molecule has 1 aromatic heterocycles. The van der Waals surface area contributed by atoms with Crippen molar-refractivity contribution >= 4 is 17.4 Å². The molecule has 0 saturated carbocycles. The maximum absolute atomic E-state index is 12.3. The van der Waals surface area contributed by atoms with Crippen molar-refractivity contribution in [3.8, 4) is 0 Å². The van der Waals surface area contributed by atoms with E-state index in [4.69, 9.17) is 5.73 Å². The van der Waals surface area contributed by atoms with Gasteiger partial charge in [-0.1, -0.05) is 12.1 Å². The zero-order valence-electron chi connectivity index (χ0n) is 12.0. The summed E-state index contributed by atoms with van der Waals surface area (Å²) < 4.78 is 0. The van der Waals surface area contributed by atoms with Crippen LogP contribution in [-0.2, 0) is 6.54 Å². The molecule has 110 valence electrons. The second-order valence-corrected chi connectivity index (χ2v) is 4.99. The van der Waals surface area contributed by atoms with Gasteiger partial charge in [-0.3, -0.25) is 14.5 Å². The summed E-state index contributed by atoms with van der Waals surface area (Å²) in [5, 5.41) is 0. The van der Waals surface area contributed by atoms with Crippen LogP contribution in [0.2, 0.25) is 0 Å². The van der Waals surface area contributed by atoms with Crippen molar-refractivity contribution in [2.24, 2.45) is 5.73 Å². The van der Waals surface area contributed by atoms with Crippen LogP contribution in [0.5, 0.6) is 0 Å². The normalized spacial score (nSPS) is 14.4. The van der Waals surface area contributed by atoms with Crippen LogP contribution in [-0.4, -0.2) is 26.7 Å². The Balaban J connectivity index is 1.89. The lowest BCUT2D eigenvalue weighted by molar-refractivity contribution is 0.0640. The van der Waals surface area contributed by atoms with Crippen molar-refractivity contribution in [3.63, 3.8) is 0 Å². The number of aromatic nitrogens is 2. The molecule has 6 nitrogen and oxygen atoms in total. The van der Waals surface area contributed by atoms with E-state index in [0.29, 0.717) is 22.5 Å². The van der Waals surface area contributed by atoms with E-state index in [1.165, 1.54) is 17.4 Å². The highest BCUT2D eigenvalue weighted by atomic mass is 16.2. The summed E-state index contributed by atoms with van der Waals surface area (Å²) in [4.78, 5) is 34.1. The average Bonchev–Trinajstić information content (AvgIpc) is 2.80. The Kier molecular flexibility index (Phi) is 3.42. The molecule has 2 aromatic rings. The molecule has 0 spiro atoms. The lowest BCUT2D eigenvalue weighted by atomic mass is 10.1. The van der Waals surface area contributed by atoms with E-state index in [0.717, 1.165) is 5.57 Å². The smallest absolute Gasteiger partial charge is 0.261 e. The minimum atomic E-state index is -0.299. The van der Waals surface area contributed by atoms with Crippen molar-refractivity contribution in [1.82, 2.24) is 14.9 Å². The third-order valence-electron chi connectivity index (χ3n) is 3.58. The number of carbonyl (C=O) groups excluding carboxylic acids is 2. The number of carbonyl (C=O) groups is 2. The van der Waals surface area contributed by atoms with Crippen molar-refractivity contribution in [3.05, 3.63) is 65.4 Å². The Morgan fingerprint density at radius 1 is 1.18 bits per heavy atom. The molecule has 22 heavy (non-hydrogen) atoms. The Morgan fingerprint density at radius 3 is 2.41 bits per heavy atom. The van der Waals surface area contributed by atoms with Gasteiger partial charge in [0.25, 0.3) is 11.8 Å². The topological polar surface area (TPSA) is 89.2 Å². The van der Waals surface area contributed by atoms with Crippen LogP contribution < -0.4 is 5.73 Å². The van der Waals surface area contributed by atoms with Gasteiger partial charge in [0.15, 0.2) is 0 Å². The fourth-order valence-electron chi connectivity index (χ4n) is 2.33. The molecule has 2 N–H and O–H groups in total. The fraction of sp³-hybridized carbons (Fsp3) is 0.125. The molecule has 6 heteroatoms. The lowest BCUT2D eigenvalue weighted by Crippen LogP contribution is -2.29. The monoisotopic (exact) mass is 294 g/mol. The molecule has 0 unspecified atom stereocenters. The molecule has 0 fully saturated rings. The van der Waals surface area contributed by atoms with Gasteiger partial charge in [0.2, 0.25) is 0 Å². The standard InChI is InChI=1S/C16H14N4O2/c1-10(7-17)14-6-11(18-9-19-14)8-20-15(21)12-4-2-3-5-13(12)16(20)22/h2-7,9H,8,17H2,1H3/b10-7+. The molecule has 0 saturated heterocycles. The molecule has 0 atom stereocenters. The van der Waals surface area contributed by atoms with E-state index in [1.807, 2.05) is 6.92 Å². The molecule has 0 bridgehead atoms. The highest BCUT2D eigenvalue weighted by Gasteiger charge is 2.35. The van der Waals surface area contributed by atoms with Gasteiger partial charge in [-0.2, -0.15) is 0 Å². The summed E-state index contributed by atoms with van der Waals surface area (Å²) in [7, 11) is 0. The van der Waals surface area contributed by atoms with Gasteiger partial charge in [-0.05, 0) is 36.9 Å². The van der Waals surface area contributed by atoms with Crippen LogP contribution in [0, 0.1) is 0 Å². The molecular weight excluding hydrogens is 280 g/mol. The van der Waals surface area contributed by atoms with Crippen molar-refractivity contribution < 1.29 is 9.59 Å². The van der Waals surface area contributed by atoms with Crippen LogP contribution in [0.3, 0.4) is 0 Å². The molecule has 1 aromatic carbocycles. The van der Waals surface area contributed by atoms with Crippen LogP contribution in [0.4, 0.5) is 0 Å². The summed E-state index contributed by atoms with van der Waals surface area (Å²) >= 11 is 0. The molecule has 0 radical (unpaired) electrons. The SMILES string of the molecule is C/C(=C\N)c1cc(CN2C(=O)c3ccccc3C2=O)ncn1. The molecule has 0 aliphatic carbocycles. The highest BCUT2D eigenvalue weighted by molar-refractivity contribution is 6.21. The zero-order chi connectivity index (χ0) is 15.7. The molecule has 2 heterocycles. The number of rotatable bonds is 3. The number of nitrogens with two attached hydrogens (primary N) is 1. The first-order chi connectivity index (χ1) is 10.6. The van der Waals surface area contributed by atoms with Gasteiger partial charge in [0.05, 0.1) is 29.1 Å². The molecule has 2 amide bonds. The highest BCUT2D eigenvalue weighted by Crippen LogP contribution is 2.24. The molecule has 3 rings (SSSR count). The Labute approximate surface area is 127 Å². The van der Waals surface area contributed by atoms with E-state index in [2.05, 4.69) is 9.97 Å². The first kappa shape index (κ1) is 13.9. The lowest BCUT2D eigenvalue weighted by Gasteiger charge is -2.13. The van der Waals surface area contributed by atoms with E-state index >= 15 is 0 Å². The summed E-state index contributed by atoms with van der Waals surface area (Å²) in [5.74, 6) is -0.598. The van der Waals surface area contributed by atoms with Gasteiger partial charge < -0.3 is 5.73 Å². The summed E-state index contributed by atoms with van der Waals surface area (Å²) in [6.45, 7) is 1.94. The minimum absolute atomic E-state index is 0.111. The van der Waals surface area contributed by atoms with Crippen LogP contribution in [0.1, 0.15) is 39.0 Å². The van der Waals surface area contributed by atoms with Gasteiger partial charge in [-0.15, -0.1) is 0 Å². The van der Waals surface area contributed by atoms with Crippen LogP contribution in [0.15, 0.2) is 42.9 Å². The third-order valence-corrected chi connectivity index (χ3v) is 3.58. The van der Waals surface area contributed by atoms with E-state index < -0.39 is 0 Å². The largest absolute Gasteiger partial charge is 0.404 e. The predicted octanol–water partition coefficient (Wildman–Crippen LogP) is 1.59. The average molecular weight is 294 g/mol. The number of hydrogen-bond acceptors (Lipinski definition) is 5. The van der Waals surface area contributed by atoms with Crippen LogP contribution in [0.25, 0.3) is 5.57 Å². The quantitative estimate of drug-likeness (QED) is 0.868. The Hall–Kier alpha value is -3.02. The minimum Gasteiger partial charge on any atom is -0.404 e. The molecule has 1 aliphatic rings. The molecule has 1 aliphatic heterocycles. The van der Waals surface area contributed by atoms with Crippen molar-refractivity contribution in [2.75, 3.05) is 0 Å². The van der Waals surface area contributed by atoms with Gasteiger partial charge in [0, 0.05) is 0 Å². The Morgan fingerprint density at radius 2 is 1.82 bits per heavy atom. The number of fused-ring (bicyclic) bond motifs is 1. The third kappa shape index (κ3) is 2.24. The molecular formula is C16H14N4O2. The summed E-state index contributed by atoms with van der Waals surface area (Å²) in [6.07, 6.45) is 2.85. The Bertz CT molecular complexity index is 763. The van der Waals surface area contributed by atoms with Gasteiger partial charge in [-0.25, -0.2) is 9.97 Å². The first-order valence-corrected chi connectivity index (χ1v) is 6.77.